The van der Waals surface area contributed by atoms with Crippen LogP contribution in [0.4, 0.5) is 0 Å². The monoisotopic (exact) mass is 282 g/mol. The smallest absolute Gasteiger partial charge is 0.0193 e. The van der Waals surface area contributed by atoms with Crippen LogP contribution in [0.2, 0.25) is 0 Å². The van der Waals surface area contributed by atoms with E-state index in [2.05, 4.69) is 90.1 Å². The summed E-state index contributed by atoms with van der Waals surface area (Å²) in [7, 11) is 0. The van der Waals surface area contributed by atoms with E-state index in [-0.39, 0.29) is 0 Å². The maximum Gasteiger partial charge on any atom is -0.0193 e. The van der Waals surface area contributed by atoms with Gasteiger partial charge in [0, 0.05) is 0 Å². The first kappa shape index (κ1) is 17.5. The molecule has 0 N–H and O–H groups in total. The van der Waals surface area contributed by atoms with Crippen molar-refractivity contribution in [3.05, 3.63) is 70.8 Å². The molecule has 0 radical (unpaired) electrons. The Hall–Kier alpha value is -1.56. The molecule has 0 nitrogen and oxygen atoms in total. The second-order valence-electron chi connectivity index (χ2n) is 6.29. The normalized spacial score (nSPS) is 11.8. The molecule has 0 heterocycles. The Balaban J connectivity index is 0.000000211. The summed E-state index contributed by atoms with van der Waals surface area (Å²) in [5.41, 5.74) is 5.56. The van der Waals surface area contributed by atoms with Crippen LogP contribution in [0, 0.1) is 13.8 Å². The Morgan fingerprint density at radius 2 is 1.05 bits per heavy atom. The molecule has 0 saturated carbocycles. The zero-order chi connectivity index (χ0) is 15.8. The molecule has 0 fully saturated rings. The van der Waals surface area contributed by atoms with Gasteiger partial charge >= 0.3 is 0 Å². The van der Waals surface area contributed by atoms with Crippen LogP contribution in [0.3, 0.4) is 0 Å². The second-order valence-corrected chi connectivity index (χ2v) is 6.29. The molecule has 21 heavy (non-hydrogen) atoms. The highest BCUT2D eigenvalue weighted by Gasteiger charge is 2.00. The van der Waals surface area contributed by atoms with Gasteiger partial charge in [-0.3, -0.25) is 0 Å². The maximum absolute atomic E-state index is 2.27. The van der Waals surface area contributed by atoms with E-state index in [1.54, 1.807) is 0 Å². The highest BCUT2D eigenvalue weighted by molar-refractivity contribution is 5.24. The quantitative estimate of drug-likeness (QED) is 0.593. The van der Waals surface area contributed by atoms with Crippen molar-refractivity contribution in [2.75, 3.05) is 0 Å². The summed E-state index contributed by atoms with van der Waals surface area (Å²) >= 11 is 0. The maximum atomic E-state index is 2.27. The van der Waals surface area contributed by atoms with E-state index in [1.807, 2.05) is 0 Å². The fraction of sp³-hybridized carbons (Fsp3) is 0.429. The van der Waals surface area contributed by atoms with Gasteiger partial charge in [-0.1, -0.05) is 87.4 Å². The van der Waals surface area contributed by atoms with Crippen LogP contribution in [0.25, 0.3) is 0 Å². The van der Waals surface area contributed by atoms with Crippen molar-refractivity contribution in [3.8, 4) is 0 Å². The minimum atomic E-state index is 0.653. The largest absolute Gasteiger partial charge is 0.0648 e. The minimum absolute atomic E-state index is 0.653. The minimum Gasteiger partial charge on any atom is -0.0648 e. The van der Waals surface area contributed by atoms with E-state index >= 15 is 0 Å². The van der Waals surface area contributed by atoms with Crippen LogP contribution in [0.15, 0.2) is 48.5 Å². The SMILES string of the molecule is CCC(C)c1ccc(C)cc1.Cc1ccc(C(C)C)cc1. The van der Waals surface area contributed by atoms with Crippen LogP contribution in [-0.4, -0.2) is 0 Å². The Labute approximate surface area is 131 Å². The van der Waals surface area contributed by atoms with Gasteiger partial charge in [-0.05, 0) is 43.2 Å². The topological polar surface area (TPSA) is 0 Å². The van der Waals surface area contributed by atoms with Crippen molar-refractivity contribution < 1.29 is 0 Å². The standard InChI is InChI=1S/C11H16.C10H14/c1-4-10(3)11-7-5-9(2)6-8-11;1-8(2)10-6-4-9(3)5-7-10/h5-8,10H,4H2,1-3H3;4-8H,1-3H3. The van der Waals surface area contributed by atoms with Gasteiger partial charge in [0.05, 0.1) is 0 Å². The van der Waals surface area contributed by atoms with Crippen molar-refractivity contribution >= 4 is 0 Å². The summed E-state index contributed by atoms with van der Waals surface area (Å²) in [5.74, 6) is 1.36. The molecular weight excluding hydrogens is 252 g/mol. The van der Waals surface area contributed by atoms with Crippen LogP contribution in [-0.2, 0) is 0 Å². The molecule has 0 aromatic heterocycles. The van der Waals surface area contributed by atoms with Crippen molar-refractivity contribution in [1.29, 1.82) is 0 Å². The molecule has 0 amide bonds. The van der Waals surface area contributed by atoms with Crippen LogP contribution in [0.1, 0.15) is 68.2 Å². The van der Waals surface area contributed by atoms with Crippen molar-refractivity contribution in [2.24, 2.45) is 0 Å². The van der Waals surface area contributed by atoms with E-state index < -0.39 is 0 Å². The summed E-state index contributed by atoms with van der Waals surface area (Å²) < 4.78 is 0. The molecule has 2 rings (SSSR count). The van der Waals surface area contributed by atoms with Gasteiger partial charge < -0.3 is 0 Å². The molecule has 0 bridgehead atoms. The summed E-state index contributed by atoms with van der Waals surface area (Å²) in [4.78, 5) is 0. The average molecular weight is 282 g/mol. The number of aryl methyl sites for hydroxylation is 2. The summed E-state index contributed by atoms with van der Waals surface area (Å²) in [5, 5.41) is 0. The lowest BCUT2D eigenvalue weighted by Crippen LogP contribution is -1.89. The molecule has 2 aromatic carbocycles. The molecule has 0 aliphatic heterocycles. The van der Waals surface area contributed by atoms with Gasteiger partial charge in [0.25, 0.3) is 0 Å². The van der Waals surface area contributed by atoms with Crippen LogP contribution >= 0.6 is 0 Å². The van der Waals surface area contributed by atoms with Gasteiger partial charge in [-0.15, -0.1) is 0 Å². The number of hydrogen-bond acceptors (Lipinski definition) is 0. The highest BCUT2D eigenvalue weighted by atomic mass is 14.1. The molecule has 0 aliphatic rings. The first-order valence-corrected chi connectivity index (χ1v) is 8.07. The number of rotatable bonds is 3. The first-order chi connectivity index (χ1) is 9.93. The van der Waals surface area contributed by atoms with Crippen LogP contribution < -0.4 is 0 Å². The van der Waals surface area contributed by atoms with Gasteiger partial charge in [0.1, 0.15) is 0 Å². The lowest BCUT2D eigenvalue weighted by molar-refractivity contribution is 0.733. The molecule has 0 spiro atoms. The average Bonchev–Trinajstić information content (AvgIpc) is 2.48. The zero-order valence-electron chi connectivity index (χ0n) is 14.5. The summed E-state index contributed by atoms with van der Waals surface area (Å²) in [6, 6.07) is 17.5. The molecule has 114 valence electrons. The first-order valence-electron chi connectivity index (χ1n) is 8.07. The Morgan fingerprint density at radius 3 is 1.38 bits per heavy atom. The second kappa shape index (κ2) is 8.67. The van der Waals surface area contributed by atoms with Gasteiger partial charge in [0.15, 0.2) is 0 Å². The molecule has 1 unspecified atom stereocenters. The molecule has 1 atom stereocenters. The lowest BCUT2D eigenvalue weighted by Gasteiger charge is -2.07. The zero-order valence-corrected chi connectivity index (χ0v) is 14.5. The lowest BCUT2D eigenvalue weighted by atomic mass is 9.98. The van der Waals surface area contributed by atoms with E-state index in [1.165, 1.54) is 28.7 Å². The summed E-state index contributed by atoms with van der Waals surface area (Å²) in [6.07, 6.45) is 1.23. The van der Waals surface area contributed by atoms with Crippen molar-refractivity contribution in [1.82, 2.24) is 0 Å². The van der Waals surface area contributed by atoms with Crippen molar-refractivity contribution in [2.45, 2.75) is 59.8 Å². The van der Waals surface area contributed by atoms with Crippen LogP contribution in [0.5, 0.6) is 0 Å². The fourth-order valence-electron chi connectivity index (χ4n) is 2.08. The molecule has 2 aromatic rings. The Bertz CT molecular complexity index is 503. The number of benzene rings is 2. The predicted molar refractivity (Wildman–Crippen MR) is 95.2 cm³/mol. The molecular formula is C21H30. The van der Waals surface area contributed by atoms with E-state index in [9.17, 15) is 0 Å². The van der Waals surface area contributed by atoms with Gasteiger partial charge in [-0.25, -0.2) is 0 Å². The van der Waals surface area contributed by atoms with Crippen molar-refractivity contribution in [3.63, 3.8) is 0 Å². The third-order valence-electron chi connectivity index (χ3n) is 4.00. The fourth-order valence-corrected chi connectivity index (χ4v) is 2.08. The van der Waals surface area contributed by atoms with Gasteiger partial charge in [-0.2, -0.15) is 0 Å². The third-order valence-corrected chi connectivity index (χ3v) is 4.00. The Morgan fingerprint density at radius 1 is 0.667 bits per heavy atom. The van der Waals surface area contributed by atoms with E-state index in [0.29, 0.717) is 11.8 Å². The molecule has 0 heteroatoms. The number of hydrogen-bond donors (Lipinski definition) is 0. The van der Waals surface area contributed by atoms with E-state index in [4.69, 9.17) is 0 Å². The third kappa shape index (κ3) is 6.16. The highest BCUT2D eigenvalue weighted by Crippen LogP contribution is 2.18. The van der Waals surface area contributed by atoms with E-state index in [0.717, 1.165) is 0 Å². The Kier molecular flexibility index (Phi) is 7.22. The van der Waals surface area contributed by atoms with Gasteiger partial charge in [0.2, 0.25) is 0 Å². The molecule has 0 aliphatic carbocycles. The predicted octanol–water partition coefficient (Wildman–Crippen LogP) is 6.63. The summed E-state index contributed by atoms with van der Waals surface area (Å²) in [6.45, 7) is 13.2. The molecule has 0 saturated heterocycles.